The van der Waals surface area contributed by atoms with E-state index in [-0.39, 0.29) is 5.92 Å². The molecule has 0 spiro atoms. The van der Waals surface area contributed by atoms with Gasteiger partial charge in [0.1, 0.15) is 0 Å². The number of carbonyl (C=O) groups excluding carboxylic acids is 1. The van der Waals surface area contributed by atoms with Crippen molar-refractivity contribution < 1.29 is 4.79 Å². The number of benzene rings is 1. The van der Waals surface area contributed by atoms with Crippen LogP contribution in [0.4, 0.5) is 0 Å². The molecule has 1 aromatic carbocycles. The Morgan fingerprint density at radius 1 is 1.25 bits per heavy atom. The lowest BCUT2D eigenvalue weighted by Gasteiger charge is -2.37. The fourth-order valence-electron chi connectivity index (χ4n) is 4.35. The van der Waals surface area contributed by atoms with E-state index in [1.54, 1.807) is 0 Å². The molecule has 1 aromatic rings. The van der Waals surface area contributed by atoms with Gasteiger partial charge < -0.3 is 10.2 Å². The Labute approximate surface area is 146 Å². The van der Waals surface area contributed by atoms with E-state index in [1.807, 2.05) is 0 Å². The van der Waals surface area contributed by atoms with Crippen molar-refractivity contribution in [2.75, 3.05) is 19.6 Å². The summed E-state index contributed by atoms with van der Waals surface area (Å²) >= 11 is 0. The third-order valence-corrected chi connectivity index (χ3v) is 5.72. The van der Waals surface area contributed by atoms with Crippen LogP contribution < -0.4 is 5.32 Å². The van der Waals surface area contributed by atoms with Crippen LogP contribution in [0.1, 0.15) is 51.0 Å². The molecular weight excluding hydrogens is 296 g/mol. The van der Waals surface area contributed by atoms with Crippen molar-refractivity contribution in [3.05, 3.63) is 35.9 Å². The van der Waals surface area contributed by atoms with E-state index >= 15 is 0 Å². The Morgan fingerprint density at radius 2 is 2.08 bits per heavy atom. The summed E-state index contributed by atoms with van der Waals surface area (Å²) in [6, 6.07) is 11.2. The number of hydrogen-bond donors (Lipinski definition) is 1. The first-order valence-corrected chi connectivity index (χ1v) is 9.78. The van der Waals surface area contributed by atoms with Crippen molar-refractivity contribution in [1.82, 2.24) is 10.2 Å². The molecule has 3 rings (SSSR count). The van der Waals surface area contributed by atoms with Crippen molar-refractivity contribution in [2.45, 2.75) is 57.9 Å². The smallest absolute Gasteiger partial charge is 0.225 e. The Kier molecular flexibility index (Phi) is 6.30. The van der Waals surface area contributed by atoms with E-state index in [0.717, 1.165) is 38.9 Å². The van der Waals surface area contributed by atoms with Gasteiger partial charge in [0, 0.05) is 25.0 Å². The summed E-state index contributed by atoms with van der Waals surface area (Å²) in [7, 11) is 0. The predicted octanol–water partition coefficient (Wildman–Crippen LogP) is 3.64. The standard InChI is InChI=1S/C21H32N2O/c1-17-15-20(12-13-22-17)21(24)23-14-6-11-19(16-23)10-5-9-18-7-3-2-4-8-18/h2-4,7-8,17,19-20,22H,5-6,9-16H2,1H3/t17-,19?,20-/m0/s1. The maximum absolute atomic E-state index is 12.8. The molecule has 3 atom stereocenters. The van der Waals surface area contributed by atoms with E-state index in [1.165, 1.54) is 31.2 Å². The molecule has 0 aromatic heterocycles. The van der Waals surface area contributed by atoms with Gasteiger partial charge in [-0.05, 0) is 69.9 Å². The Balaban J connectivity index is 1.44. The maximum atomic E-state index is 12.8. The second-order valence-electron chi connectivity index (χ2n) is 7.75. The molecule has 2 fully saturated rings. The first-order chi connectivity index (χ1) is 11.7. The molecule has 2 saturated heterocycles. The highest BCUT2D eigenvalue weighted by molar-refractivity contribution is 5.79. The number of amides is 1. The van der Waals surface area contributed by atoms with Crippen LogP contribution in [-0.2, 0) is 11.2 Å². The van der Waals surface area contributed by atoms with E-state index in [9.17, 15) is 4.79 Å². The first kappa shape index (κ1) is 17.5. The minimum atomic E-state index is 0.254. The molecule has 2 aliphatic rings. The molecule has 1 unspecified atom stereocenters. The summed E-state index contributed by atoms with van der Waals surface area (Å²) in [4.78, 5) is 15.0. The lowest BCUT2D eigenvalue weighted by molar-refractivity contribution is -0.138. The molecule has 0 saturated carbocycles. The number of nitrogens with one attached hydrogen (secondary N) is 1. The Hall–Kier alpha value is -1.35. The largest absolute Gasteiger partial charge is 0.342 e. The zero-order chi connectivity index (χ0) is 16.8. The molecule has 1 amide bonds. The predicted molar refractivity (Wildman–Crippen MR) is 98.9 cm³/mol. The molecule has 132 valence electrons. The third-order valence-electron chi connectivity index (χ3n) is 5.72. The number of likely N-dealkylation sites (tertiary alicyclic amines) is 1. The Morgan fingerprint density at radius 3 is 2.88 bits per heavy atom. The van der Waals surface area contributed by atoms with Crippen LogP contribution in [0.2, 0.25) is 0 Å². The van der Waals surface area contributed by atoms with Crippen LogP contribution in [0.3, 0.4) is 0 Å². The molecule has 0 bridgehead atoms. The van der Waals surface area contributed by atoms with E-state index in [4.69, 9.17) is 0 Å². The molecule has 3 heteroatoms. The highest BCUT2D eigenvalue weighted by Crippen LogP contribution is 2.26. The second kappa shape index (κ2) is 8.66. The summed E-state index contributed by atoms with van der Waals surface area (Å²) in [5.41, 5.74) is 1.44. The van der Waals surface area contributed by atoms with E-state index < -0.39 is 0 Å². The van der Waals surface area contributed by atoms with E-state index in [2.05, 4.69) is 47.5 Å². The first-order valence-electron chi connectivity index (χ1n) is 9.78. The SMILES string of the molecule is C[C@H]1C[C@@H](C(=O)N2CCCC(CCCc3ccccc3)C2)CCN1. The fourth-order valence-corrected chi connectivity index (χ4v) is 4.35. The third kappa shape index (κ3) is 4.83. The van der Waals surface area contributed by atoms with Crippen LogP contribution in [0.5, 0.6) is 0 Å². The summed E-state index contributed by atoms with van der Waals surface area (Å²) in [5.74, 6) is 1.38. The van der Waals surface area contributed by atoms with Crippen LogP contribution in [-0.4, -0.2) is 36.5 Å². The van der Waals surface area contributed by atoms with Crippen LogP contribution in [0.15, 0.2) is 30.3 Å². The van der Waals surface area contributed by atoms with Gasteiger partial charge in [-0.2, -0.15) is 0 Å². The highest BCUT2D eigenvalue weighted by atomic mass is 16.2. The van der Waals surface area contributed by atoms with E-state index in [0.29, 0.717) is 17.9 Å². The van der Waals surface area contributed by atoms with Crippen molar-refractivity contribution in [2.24, 2.45) is 11.8 Å². The molecule has 2 aliphatic heterocycles. The highest BCUT2D eigenvalue weighted by Gasteiger charge is 2.31. The summed E-state index contributed by atoms with van der Waals surface area (Å²) < 4.78 is 0. The minimum absolute atomic E-state index is 0.254. The van der Waals surface area contributed by atoms with Gasteiger partial charge in [-0.15, -0.1) is 0 Å². The average Bonchev–Trinajstić information content (AvgIpc) is 2.62. The lowest BCUT2D eigenvalue weighted by atomic mass is 9.88. The van der Waals surface area contributed by atoms with Gasteiger partial charge >= 0.3 is 0 Å². The molecule has 2 heterocycles. The fraction of sp³-hybridized carbons (Fsp3) is 0.667. The van der Waals surface area contributed by atoms with Gasteiger partial charge in [-0.3, -0.25) is 4.79 Å². The van der Waals surface area contributed by atoms with Gasteiger partial charge in [-0.25, -0.2) is 0 Å². The zero-order valence-electron chi connectivity index (χ0n) is 15.0. The van der Waals surface area contributed by atoms with Gasteiger partial charge in [0.2, 0.25) is 5.91 Å². The van der Waals surface area contributed by atoms with Crippen molar-refractivity contribution >= 4 is 5.91 Å². The van der Waals surface area contributed by atoms with Crippen molar-refractivity contribution in [3.8, 4) is 0 Å². The number of carbonyl (C=O) groups is 1. The molecule has 3 nitrogen and oxygen atoms in total. The minimum Gasteiger partial charge on any atom is -0.342 e. The maximum Gasteiger partial charge on any atom is 0.225 e. The lowest BCUT2D eigenvalue weighted by Crippen LogP contribution is -2.47. The topological polar surface area (TPSA) is 32.3 Å². The number of piperidine rings is 2. The Bertz CT molecular complexity index is 516. The van der Waals surface area contributed by atoms with Gasteiger partial charge in [0.25, 0.3) is 0 Å². The number of rotatable bonds is 5. The summed E-state index contributed by atoms with van der Waals surface area (Å²) in [6.07, 6.45) is 8.15. The normalized spacial score (nSPS) is 27.9. The second-order valence-corrected chi connectivity index (χ2v) is 7.75. The van der Waals surface area contributed by atoms with Crippen LogP contribution >= 0.6 is 0 Å². The van der Waals surface area contributed by atoms with Crippen LogP contribution in [0.25, 0.3) is 0 Å². The summed E-state index contributed by atoms with van der Waals surface area (Å²) in [5, 5.41) is 3.45. The van der Waals surface area contributed by atoms with Crippen molar-refractivity contribution in [3.63, 3.8) is 0 Å². The van der Waals surface area contributed by atoms with Gasteiger partial charge in [0.15, 0.2) is 0 Å². The quantitative estimate of drug-likeness (QED) is 0.895. The van der Waals surface area contributed by atoms with Gasteiger partial charge in [-0.1, -0.05) is 30.3 Å². The molecular formula is C21H32N2O. The zero-order valence-corrected chi connectivity index (χ0v) is 15.0. The molecule has 24 heavy (non-hydrogen) atoms. The van der Waals surface area contributed by atoms with Crippen molar-refractivity contribution in [1.29, 1.82) is 0 Å². The monoisotopic (exact) mass is 328 g/mol. The number of nitrogens with zero attached hydrogens (tertiary/aromatic N) is 1. The van der Waals surface area contributed by atoms with Crippen LogP contribution in [0, 0.1) is 11.8 Å². The molecule has 1 N–H and O–H groups in total. The van der Waals surface area contributed by atoms with Gasteiger partial charge in [0.05, 0.1) is 0 Å². The average molecular weight is 329 g/mol. The summed E-state index contributed by atoms with van der Waals surface area (Å²) in [6.45, 7) is 5.16. The number of hydrogen-bond acceptors (Lipinski definition) is 2. The molecule has 0 aliphatic carbocycles. The molecule has 0 radical (unpaired) electrons. The number of aryl methyl sites for hydroxylation is 1.